The Morgan fingerprint density at radius 1 is 0.529 bits per heavy atom. The van der Waals surface area contributed by atoms with E-state index in [1.165, 1.54) is 4.74 Å². The normalized spacial score (nSPS) is 18.8. The molecular formula is C13H9F17O4. The number of carbonyl (C=O) groups is 1. The highest BCUT2D eigenvalue weighted by molar-refractivity contribution is 5.79. The van der Waals surface area contributed by atoms with Crippen LogP contribution >= 0.6 is 0 Å². The molecule has 0 aliphatic heterocycles. The van der Waals surface area contributed by atoms with Crippen LogP contribution < -0.4 is 0 Å². The third-order valence-corrected chi connectivity index (χ3v) is 3.02. The average Bonchev–Trinajstić information content (AvgIpc) is 2.48. The number of ether oxygens (including phenoxy) is 3. The number of rotatable bonds is 7. The molecule has 2 atom stereocenters. The first-order valence-electron chi connectivity index (χ1n) is 7.64. The van der Waals surface area contributed by atoms with Gasteiger partial charge < -0.3 is 4.74 Å². The minimum Gasteiger partial charge on any atom is -0.455 e. The molecule has 204 valence electrons. The van der Waals surface area contributed by atoms with Gasteiger partial charge in [0.15, 0.2) is 0 Å². The Kier molecular flexibility index (Phi) is 7.96. The second kappa shape index (κ2) is 8.40. The number of esters is 1. The van der Waals surface area contributed by atoms with Crippen LogP contribution in [0, 0.1) is 0 Å². The second-order valence-electron chi connectivity index (χ2n) is 7.00. The predicted octanol–water partition coefficient (Wildman–Crippen LogP) is 6.20. The van der Waals surface area contributed by atoms with Crippen LogP contribution in [0.15, 0.2) is 0 Å². The minimum absolute atomic E-state index is 0.623. The van der Waals surface area contributed by atoms with Crippen LogP contribution in [-0.4, -0.2) is 59.9 Å². The van der Waals surface area contributed by atoms with Crippen molar-refractivity contribution in [3.63, 3.8) is 0 Å². The zero-order valence-electron chi connectivity index (χ0n) is 16.1. The third-order valence-electron chi connectivity index (χ3n) is 3.02. The van der Waals surface area contributed by atoms with E-state index in [4.69, 9.17) is 0 Å². The lowest BCUT2D eigenvalue weighted by molar-refractivity contribution is -0.548. The molecule has 0 rings (SSSR count). The zero-order valence-corrected chi connectivity index (χ0v) is 16.1. The van der Waals surface area contributed by atoms with Gasteiger partial charge in [-0.1, -0.05) is 0 Å². The monoisotopic (exact) mass is 552 g/mol. The van der Waals surface area contributed by atoms with E-state index in [0.29, 0.717) is 20.8 Å². The summed E-state index contributed by atoms with van der Waals surface area (Å²) < 4.78 is 226. The highest BCUT2D eigenvalue weighted by Crippen LogP contribution is 2.56. The smallest absolute Gasteiger partial charge is 0.455 e. The number of halogens is 17. The van der Waals surface area contributed by atoms with Crippen LogP contribution in [-0.2, 0) is 19.0 Å². The number of hydrogen-bond donors (Lipinski definition) is 0. The third kappa shape index (κ3) is 5.88. The number of hydrogen-bond acceptors (Lipinski definition) is 4. The molecule has 0 aromatic heterocycles. The molecule has 0 heterocycles. The fourth-order valence-corrected chi connectivity index (χ4v) is 1.49. The highest BCUT2D eigenvalue weighted by Gasteiger charge is 2.85. The number of carbonyl (C=O) groups excluding carboxylic acids is 1. The Bertz CT molecular complexity index is 746. The van der Waals surface area contributed by atoms with Crippen LogP contribution in [0.5, 0.6) is 0 Å². The molecule has 21 heteroatoms. The van der Waals surface area contributed by atoms with Gasteiger partial charge in [0, 0.05) is 0 Å². The molecule has 0 aromatic rings. The summed E-state index contributed by atoms with van der Waals surface area (Å²) in [6, 6.07) is 0. The summed E-state index contributed by atoms with van der Waals surface area (Å²) in [7, 11) is 0. The minimum atomic E-state index is -8.05. The van der Waals surface area contributed by atoms with Gasteiger partial charge >= 0.3 is 54.3 Å². The van der Waals surface area contributed by atoms with Crippen molar-refractivity contribution in [3.8, 4) is 0 Å². The standard InChI is InChI=1S/C13H9F17O4/c1-5(2,3)32-4(31)6(14,9(18,19)20)33-13(29,30)8(17,11(24,25)26)34-12(27,28)7(15,16)10(21,22)23/h1-3H3. The van der Waals surface area contributed by atoms with Crippen LogP contribution in [0.2, 0.25) is 0 Å². The first kappa shape index (κ1) is 32.2. The average molecular weight is 552 g/mol. The van der Waals surface area contributed by atoms with Crippen molar-refractivity contribution in [2.45, 2.75) is 74.8 Å². The molecule has 0 fully saturated rings. The lowest BCUT2D eigenvalue weighted by atomic mass is 10.2. The van der Waals surface area contributed by atoms with Gasteiger partial charge in [-0.15, -0.1) is 0 Å². The van der Waals surface area contributed by atoms with E-state index in [1.807, 2.05) is 4.74 Å². The summed E-state index contributed by atoms with van der Waals surface area (Å²) in [5.74, 6) is -26.4. The summed E-state index contributed by atoms with van der Waals surface area (Å²) in [4.78, 5) is 11.3. The van der Waals surface area contributed by atoms with Crippen molar-refractivity contribution in [1.29, 1.82) is 0 Å². The summed E-state index contributed by atoms with van der Waals surface area (Å²) in [6.45, 7) is 1.87. The summed E-state index contributed by atoms with van der Waals surface area (Å²) in [5.41, 5.74) is -2.26. The molecule has 0 N–H and O–H groups in total. The molecular weight excluding hydrogens is 543 g/mol. The Labute approximate surface area is 175 Å². The lowest BCUT2D eigenvalue weighted by Gasteiger charge is -2.40. The van der Waals surface area contributed by atoms with Gasteiger partial charge in [-0.3, -0.25) is 9.47 Å². The van der Waals surface area contributed by atoms with E-state index < -0.39 is 59.9 Å². The Morgan fingerprint density at radius 2 is 0.912 bits per heavy atom. The molecule has 0 aliphatic rings. The molecule has 0 amide bonds. The van der Waals surface area contributed by atoms with E-state index in [1.54, 1.807) is 0 Å². The Hall–Kier alpha value is -1.80. The van der Waals surface area contributed by atoms with Crippen molar-refractivity contribution in [1.82, 2.24) is 0 Å². The van der Waals surface area contributed by atoms with E-state index >= 15 is 0 Å². The van der Waals surface area contributed by atoms with Crippen molar-refractivity contribution < 1.29 is 93.6 Å². The fourth-order valence-electron chi connectivity index (χ4n) is 1.49. The fraction of sp³-hybridized carbons (Fsp3) is 0.923. The van der Waals surface area contributed by atoms with Gasteiger partial charge in [0.1, 0.15) is 5.60 Å². The van der Waals surface area contributed by atoms with E-state index in [0.717, 1.165) is 0 Å². The molecule has 0 saturated carbocycles. The van der Waals surface area contributed by atoms with Crippen molar-refractivity contribution in [2.75, 3.05) is 0 Å². The molecule has 0 spiro atoms. The van der Waals surface area contributed by atoms with Crippen LogP contribution in [0.1, 0.15) is 20.8 Å². The molecule has 0 aliphatic carbocycles. The summed E-state index contributed by atoms with van der Waals surface area (Å²) in [6.07, 6.45) is -38.6. The molecule has 34 heavy (non-hydrogen) atoms. The van der Waals surface area contributed by atoms with E-state index in [2.05, 4.69) is 4.74 Å². The first-order valence-corrected chi connectivity index (χ1v) is 7.64. The van der Waals surface area contributed by atoms with Crippen LogP contribution in [0.4, 0.5) is 74.6 Å². The molecule has 2 unspecified atom stereocenters. The van der Waals surface area contributed by atoms with Gasteiger partial charge in [0.05, 0.1) is 0 Å². The molecule has 0 bridgehead atoms. The van der Waals surface area contributed by atoms with Gasteiger partial charge in [-0.05, 0) is 20.8 Å². The molecule has 0 saturated heterocycles. The van der Waals surface area contributed by atoms with Crippen LogP contribution in [0.25, 0.3) is 0 Å². The SMILES string of the molecule is CC(C)(C)OC(=O)C(F)(OC(F)(F)C(F)(OC(F)(F)C(F)(F)C(F)(F)F)C(F)(F)F)C(F)(F)F. The quantitative estimate of drug-likeness (QED) is 0.279. The first-order chi connectivity index (χ1) is 14.3. The van der Waals surface area contributed by atoms with Crippen molar-refractivity contribution >= 4 is 5.97 Å². The van der Waals surface area contributed by atoms with Gasteiger partial charge in [-0.2, -0.15) is 74.6 Å². The number of alkyl halides is 17. The van der Waals surface area contributed by atoms with E-state index in [-0.39, 0.29) is 0 Å². The van der Waals surface area contributed by atoms with Gasteiger partial charge in [0.25, 0.3) is 0 Å². The topological polar surface area (TPSA) is 44.8 Å². The Morgan fingerprint density at radius 3 is 1.18 bits per heavy atom. The Balaban J connectivity index is 6.79. The lowest BCUT2D eigenvalue weighted by Crippen LogP contribution is -2.68. The predicted molar refractivity (Wildman–Crippen MR) is 68.7 cm³/mol. The summed E-state index contributed by atoms with van der Waals surface area (Å²) in [5, 5.41) is 0. The highest BCUT2D eigenvalue weighted by atomic mass is 19.4. The maximum absolute atomic E-state index is 14.1. The van der Waals surface area contributed by atoms with Crippen molar-refractivity contribution in [3.05, 3.63) is 0 Å². The van der Waals surface area contributed by atoms with Crippen LogP contribution in [0.3, 0.4) is 0 Å². The second-order valence-corrected chi connectivity index (χ2v) is 7.00. The van der Waals surface area contributed by atoms with Gasteiger partial charge in [-0.25, -0.2) is 4.79 Å². The molecule has 4 nitrogen and oxygen atoms in total. The van der Waals surface area contributed by atoms with E-state index in [9.17, 15) is 79.4 Å². The molecule has 0 radical (unpaired) electrons. The summed E-state index contributed by atoms with van der Waals surface area (Å²) >= 11 is 0. The molecule has 0 aromatic carbocycles. The maximum Gasteiger partial charge on any atom is 0.462 e. The zero-order chi connectivity index (χ0) is 28.2. The van der Waals surface area contributed by atoms with Gasteiger partial charge in [0.2, 0.25) is 0 Å². The largest absolute Gasteiger partial charge is 0.462 e. The maximum atomic E-state index is 14.1. The van der Waals surface area contributed by atoms with Crippen molar-refractivity contribution in [2.24, 2.45) is 0 Å².